The third-order valence-electron chi connectivity index (χ3n) is 2.04. The minimum Gasteiger partial charge on any atom is -0.507 e. The molecule has 1 nitrogen and oxygen atoms in total. The summed E-state index contributed by atoms with van der Waals surface area (Å²) in [6.07, 6.45) is 0. The van der Waals surface area contributed by atoms with Gasteiger partial charge in [0, 0.05) is 10.4 Å². The SMILES string of the molecule is Cc1cc(O)c2ccc(Cl)cc2c1. The maximum atomic E-state index is 9.60. The molecular formula is C11H9ClO. The largest absolute Gasteiger partial charge is 0.507 e. The highest BCUT2D eigenvalue weighted by atomic mass is 35.5. The first-order chi connectivity index (χ1) is 6.16. The summed E-state index contributed by atoms with van der Waals surface area (Å²) in [5.74, 6) is 0.312. The van der Waals surface area contributed by atoms with E-state index in [2.05, 4.69) is 0 Å². The van der Waals surface area contributed by atoms with Crippen molar-refractivity contribution in [3.8, 4) is 5.75 Å². The van der Waals surface area contributed by atoms with Crippen molar-refractivity contribution in [1.82, 2.24) is 0 Å². The van der Waals surface area contributed by atoms with Crippen LogP contribution in [-0.2, 0) is 0 Å². The van der Waals surface area contributed by atoms with Crippen molar-refractivity contribution in [3.05, 3.63) is 40.9 Å². The molecule has 0 fully saturated rings. The summed E-state index contributed by atoms with van der Waals surface area (Å²) >= 11 is 5.84. The van der Waals surface area contributed by atoms with Gasteiger partial charge in [-0.25, -0.2) is 0 Å². The molecule has 2 heteroatoms. The van der Waals surface area contributed by atoms with E-state index in [1.807, 2.05) is 25.1 Å². The second-order valence-corrected chi connectivity index (χ2v) is 3.59. The number of phenolic OH excluding ortho intramolecular Hbond substituents is 1. The summed E-state index contributed by atoms with van der Waals surface area (Å²) in [5.41, 5.74) is 1.03. The molecule has 0 heterocycles. The number of halogens is 1. The average molecular weight is 193 g/mol. The first kappa shape index (κ1) is 8.39. The van der Waals surface area contributed by atoms with Gasteiger partial charge in [-0.2, -0.15) is 0 Å². The number of rotatable bonds is 0. The molecule has 0 aliphatic carbocycles. The van der Waals surface area contributed by atoms with Crippen molar-refractivity contribution < 1.29 is 5.11 Å². The van der Waals surface area contributed by atoms with Crippen LogP contribution in [-0.4, -0.2) is 5.11 Å². The van der Waals surface area contributed by atoms with E-state index in [9.17, 15) is 5.11 Å². The monoisotopic (exact) mass is 192 g/mol. The zero-order valence-electron chi connectivity index (χ0n) is 7.21. The number of hydrogen-bond donors (Lipinski definition) is 1. The Kier molecular flexibility index (Phi) is 1.89. The molecule has 0 spiro atoms. The molecule has 2 rings (SSSR count). The summed E-state index contributed by atoms with van der Waals surface area (Å²) in [6, 6.07) is 9.20. The van der Waals surface area contributed by atoms with Crippen molar-refractivity contribution in [2.45, 2.75) is 6.92 Å². The van der Waals surface area contributed by atoms with Gasteiger partial charge in [-0.15, -0.1) is 0 Å². The quantitative estimate of drug-likeness (QED) is 0.677. The van der Waals surface area contributed by atoms with Crippen molar-refractivity contribution in [2.75, 3.05) is 0 Å². The predicted octanol–water partition coefficient (Wildman–Crippen LogP) is 3.51. The van der Waals surface area contributed by atoms with Gasteiger partial charge in [0.1, 0.15) is 5.75 Å². The molecular weight excluding hydrogens is 184 g/mol. The van der Waals surface area contributed by atoms with E-state index < -0.39 is 0 Å². The Morgan fingerprint density at radius 1 is 1.15 bits per heavy atom. The zero-order chi connectivity index (χ0) is 9.42. The first-order valence-corrected chi connectivity index (χ1v) is 4.43. The highest BCUT2D eigenvalue weighted by Crippen LogP contribution is 2.28. The topological polar surface area (TPSA) is 20.2 Å². The van der Waals surface area contributed by atoms with Gasteiger partial charge in [0.05, 0.1) is 0 Å². The Morgan fingerprint density at radius 3 is 2.69 bits per heavy atom. The molecule has 0 unspecified atom stereocenters. The molecule has 0 aliphatic rings. The van der Waals surface area contributed by atoms with Gasteiger partial charge in [0.25, 0.3) is 0 Å². The second-order valence-electron chi connectivity index (χ2n) is 3.15. The van der Waals surface area contributed by atoms with Crippen LogP contribution < -0.4 is 0 Å². The van der Waals surface area contributed by atoms with E-state index in [1.165, 1.54) is 0 Å². The van der Waals surface area contributed by atoms with Crippen LogP contribution >= 0.6 is 11.6 Å². The number of benzene rings is 2. The van der Waals surface area contributed by atoms with Crippen molar-refractivity contribution in [2.24, 2.45) is 0 Å². The molecule has 0 aliphatic heterocycles. The van der Waals surface area contributed by atoms with Gasteiger partial charge in [-0.1, -0.05) is 17.7 Å². The van der Waals surface area contributed by atoms with Crippen LogP contribution in [0, 0.1) is 6.92 Å². The highest BCUT2D eigenvalue weighted by molar-refractivity contribution is 6.31. The molecule has 2 aromatic carbocycles. The van der Waals surface area contributed by atoms with E-state index in [-0.39, 0.29) is 0 Å². The number of hydrogen-bond acceptors (Lipinski definition) is 1. The summed E-state index contributed by atoms with van der Waals surface area (Å²) < 4.78 is 0. The van der Waals surface area contributed by atoms with Crippen LogP contribution in [0.15, 0.2) is 30.3 Å². The second kappa shape index (κ2) is 2.93. The fraction of sp³-hybridized carbons (Fsp3) is 0.0909. The number of aryl methyl sites for hydroxylation is 1. The Hall–Kier alpha value is -1.21. The van der Waals surface area contributed by atoms with Crippen molar-refractivity contribution in [1.29, 1.82) is 0 Å². The summed E-state index contributed by atoms with van der Waals surface area (Å²) in [7, 11) is 0. The maximum absolute atomic E-state index is 9.60. The van der Waals surface area contributed by atoms with Crippen molar-refractivity contribution in [3.63, 3.8) is 0 Å². The molecule has 0 amide bonds. The fourth-order valence-electron chi connectivity index (χ4n) is 1.47. The number of aromatic hydroxyl groups is 1. The molecule has 0 aromatic heterocycles. The van der Waals surface area contributed by atoms with Crippen LogP contribution in [0.4, 0.5) is 0 Å². The Morgan fingerprint density at radius 2 is 1.92 bits per heavy atom. The maximum Gasteiger partial charge on any atom is 0.123 e. The summed E-state index contributed by atoms with van der Waals surface area (Å²) in [4.78, 5) is 0. The van der Waals surface area contributed by atoms with Gasteiger partial charge in [0.15, 0.2) is 0 Å². The number of phenols is 1. The lowest BCUT2D eigenvalue weighted by atomic mass is 10.1. The van der Waals surface area contributed by atoms with Crippen LogP contribution in [0.2, 0.25) is 5.02 Å². The van der Waals surface area contributed by atoms with E-state index in [0.29, 0.717) is 10.8 Å². The molecule has 13 heavy (non-hydrogen) atoms. The van der Waals surface area contributed by atoms with Gasteiger partial charge < -0.3 is 5.11 Å². The van der Waals surface area contributed by atoms with Gasteiger partial charge in [-0.3, -0.25) is 0 Å². The minimum absolute atomic E-state index is 0.312. The van der Waals surface area contributed by atoms with E-state index in [4.69, 9.17) is 11.6 Å². The third-order valence-corrected chi connectivity index (χ3v) is 2.27. The summed E-state index contributed by atoms with van der Waals surface area (Å²) in [5, 5.41) is 12.1. The van der Waals surface area contributed by atoms with Crippen molar-refractivity contribution >= 4 is 22.4 Å². The lowest BCUT2D eigenvalue weighted by molar-refractivity contribution is 0.481. The van der Waals surface area contributed by atoms with Crippen LogP contribution in [0.5, 0.6) is 5.75 Å². The fourth-order valence-corrected chi connectivity index (χ4v) is 1.65. The molecule has 0 atom stereocenters. The Labute approximate surface area is 81.6 Å². The predicted molar refractivity (Wildman–Crippen MR) is 55.4 cm³/mol. The lowest BCUT2D eigenvalue weighted by Crippen LogP contribution is -1.77. The minimum atomic E-state index is 0.312. The molecule has 1 N–H and O–H groups in total. The molecule has 0 bridgehead atoms. The molecule has 0 saturated carbocycles. The molecule has 2 aromatic rings. The van der Waals surface area contributed by atoms with Gasteiger partial charge in [-0.05, 0) is 42.1 Å². The molecule has 0 radical (unpaired) electrons. The first-order valence-electron chi connectivity index (χ1n) is 4.06. The zero-order valence-corrected chi connectivity index (χ0v) is 7.97. The average Bonchev–Trinajstić information content (AvgIpc) is 2.02. The standard InChI is InChI=1S/C11H9ClO/c1-7-4-8-6-9(12)2-3-10(8)11(13)5-7/h2-6,13H,1H3. The lowest BCUT2D eigenvalue weighted by Gasteiger charge is -2.02. The highest BCUT2D eigenvalue weighted by Gasteiger charge is 2.00. The third kappa shape index (κ3) is 1.47. The van der Waals surface area contributed by atoms with Gasteiger partial charge in [0.2, 0.25) is 0 Å². The van der Waals surface area contributed by atoms with Crippen LogP contribution in [0.3, 0.4) is 0 Å². The van der Waals surface area contributed by atoms with E-state index >= 15 is 0 Å². The van der Waals surface area contributed by atoms with Crippen LogP contribution in [0.25, 0.3) is 10.8 Å². The number of fused-ring (bicyclic) bond motifs is 1. The Bertz CT molecular complexity index is 458. The molecule has 66 valence electrons. The van der Waals surface area contributed by atoms with Gasteiger partial charge >= 0.3 is 0 Å². The molecule has 0 saturated heterocycles. The van der Waals surface area contributed by atoms with E-state index in [0.717, 1.165) is 16.3 Å². The summed E-state index contributed by atoms with van der Waals surface area (Å²) in [6.45, 7) is 1.94. The normalized spacial score (nSPS) is 10.6. The van der Waals surface area contributed by atoms with Crippen LogP contribution in [0.1, 0.15) is 5.56 Å². The van der Waals surface area contributed by atoms with E-state index in [1.54, 1.807) is 12.1 Å². The smallest absolute Gasteiger partial charge is 0.123 e. The Balaban J connectivity index is 2.86.